The zero-order chi connectivity index (χ0) is 14.8. The number of aryl methyl sites for hydroxylation is 1. The van der Waals surface area contributed by atoms with E-state index in [4.69, 9.17) is 10.9 Å². The first kappa shape index (κ1) is 14.6. The maximum atomic E-state index is 8.94. The fourth-order valence-corrected chi connectivity index (χ4v) is 2.67. The second-order valence-electron chi connectivity index (χ2n) is 6.31. The van der Waals surface area contributed by atoms with Crippen molar-refractivity contribution in [1.82, 2.24) is 4.98 Å². The minimum atomic E-state index is 0.121. The molecule has 2 rings (SSSR count). The van der Waals surface area contributed by atoms with Gasteiger partial charge in [0, 0.05) is 18.8 Å². The van der Waals surface area contributed by atoms with Gasteiger partial charge in [0.2, 0.25) is 0 Å². The van der Waals surface area contributed by atoms with Gasteiger partial charge < -0.3 is 15.8 Å². The van der Waals surface area contributed by atoms with Gasteiger partial charge in [-0.1, -0.05) is 19.0 Å². The van der Waals surface area contributed by atoms with E-state index in [1.165, 1.54) is 6.42 Å². The molecular formula is C15H24N4O. The molecule has 1 aliphatic heterocycles. The van der Waals surface area contributed by atoms with Crippen LogP contribution in [0.2, 0.25) is 0 Å². The van der Waals surface area contributed by atoms with Crippen molar-refractivity contribution in [3.8, 4) is 0 Å². The minimum Gasteiger partial charge on any atom is -0.409 e. The molecule has 0 aliphatic carbocycles. The lowest BCUT2D eigenvalue weighted by Gasteiger charge is -2.25. The van der Waals surface area contributed by atoms with E-state index in [0.29, 0.717) is 11.0 Å². The molecule has 0 bridgehead atoms. The minimum absolute atomic E-state index is 0.121. The van der Waals surface area contributed by atoms with Crippen molar-refractivity contribution in [2.45, 2.75) is 40.0 Å². The molecule has 1 aromatic heterocycles. The van der Waals surface area contributed by atoms with E-state index in [1.807, 2.05) is 19.1 Å². The normalized spacial score (nSPS) is 19.8. The van der Waals surface area contributed by atoms with Crippen molar-refractivity contribution < 1.29 is 5.21 Å². The van der Waals surface area contributed by atoms with Crippen molar-refractivity contribution in [2.24, 2.45) is 16.3 Å². The van der Waals surface area contributed by atoms with Crippen molar-refractivity contribution in [3.05, 3.63) is 23.4 Å². The number of nitrogens with two attached hydrogens (primary N) is 1. The Bertz CT molecular complexity index is 511. The van der Waals surface area contributed by atoms with E-state index in [1.54, 1.807) is 0 Å². The van der Waals surface area contributed by atoms with Gasteiger partial charge in [-0.2, -0.15) is 0 Å². The van der Waals surface area contributed by atoms with Gasteiger partial charge >= 0.3 is 0 Å². The molecule has 1 aromatic rings. The zero-order valence-electron chi connectivity index (χ0n) is 12.6. The molecule has 3 N–H and O–H groups in total. The van der Waals surface area contributed by atoms with E-state index in [-0.39, 0.29) is 5.84 Å². The molecule has 0 unspecified atom stereocenters. The number of aromatic nitrogens is 1. The SMILES string of the molecule is Cc1ccc(C(N)=NO)c(N2CCCC(C)(C)CC2)n1. The molecule has 5 nitrogen and oxygen atoms in total. The van der Waals surface area contributed by atoms with Gasteiger partial charge in [0.05, 0.1) is 5.56 Å². The molecule has 110 valence electrons. The Hall–Kier alpha value is -1.78. The first-order valence-corrected chi connectivity index (χ1v) is 7.13. The summed E-state index contributed by atoms with van der Waals surface area (Å²) in [7, 11) is 0. The Kier molecular flexibility index (Phi) is 4.16. The molecule has 1 saturated heterocycles. The lowest BCUT2D eigenvalue weighted by atomic mass is 9.85. The molecule has 20 heavy (non-hydrogen) atoms. The molecule has 0 aromatic carbocycles. The maximum Gasteiger partial charge on any atom is 0.173 e. The molecule has 0 radical (unpaired) electrons. The molecule has 2 heterocycles. The highest BCUT2D eigenvalue weighted by Gasteiger charge is 2.25. The second-order valence-corrected chi connectivity index (χ2v) is 6.31. The van der Waals surface area contributed by atoms with Crippen LogP contribution in [0.5, 0.6) is 0 Å². The number of oxime groups is 1. The van der Waals surface area contributed by atoms with Gasteiger partial charge in [0.1, 0.15) is 5.82 Å². The molecule has 0 amide bonds. The molecular weight excluding hydrogens is 252 g/mol. The van der Waals surface area contributed by atoms with Crippen LogP contribution < -0.4 is 10.6 Å². The topological polar surface area (TPSA) is 74.7 Å². The Morgan fingerprint density at radius 2 is 2.10 bits per heavy atom. The predicted molar refractivity (Wildman–Crippen MR) is 81.3 cm³/mol. The second kappa shape index (κ2) is 5.69. The van der Waals surface area contributed by atoms with Crippen LogP contribution in [0, 0.1) is 12.3 Å². The number of nitrogens with zero attached hydrogens (tertiary/aromatic N) is 3. The Labute approximate surface area is 120 Å². The summed E-state index contributed by atoms with van der Waals surface area (Å²) in [6.07, 6.45) is 3.48. The summed E-state index contributed by atoms with van der Waals surface area (Å²) in [4.78, 5) is 6.87. The van der Waals surface area contributed by atoms with E-state index >= 15 is 0 Å². The van der Waals surface area contributed by atoms with Crippen LogP contribution in [0.4, 0.5) is 5.82 Å². The van der Waals surface area contributed by atoms with Gasteiger partial charge in [-0.25, -0.2) is 4.98 Å². The third kappa shape index (κ3) is 3.21. The summed E-state index contributed by atoms with van der Waals surface area (Å²) in [5.41, 5.74) is 7.80. The van der Waals surface area contributed by atoms with Crippen LogP contribution in [0.25, 0.3) is 0 Å². The van der Waals surface area contributed by atoms with Gasteiger partial charge in [-0.15, -0.1) is 0 Å². The van der Waals surface area contributed by atoms with E-state index in [9.17, 15) is 0 Å². The molecule has 0 saturated carbocycles. The number of pyridine rings is 1. The number of amidine groups is 1. The molecule has 1 fully saturated rings. The van der Waals surface area contributed by atoms with Crippen molar-refractivity contribution in [2.75, 3.05) is 18.0 Å². The number of hydrogen-bond acceptors (Lipinski definition) is 4. The highest BCUT2D eigenvalue weighted by atomic mass is 16.4. The first-order chi connectivity index (χ1) is 9.43. The average Bonchev–Trinajstić information content (AvgIpc) is 2.58. The summed E-state index contributed by atoms with van der Waals surface area (Å²) in [5, 5.41) is 12.1. The predicted octanol–water partition coefficient (Wildman–Crippen LogP) is 2.50. The van der Waals surface area contributed by atoms with Crippen LogP contribution in [-0.2, 0) is 0 Å². The molecule has 0 atom stereocenters. The summed E-state index contributed by atoms with van der Waals surface area (Å²) >= 11 is 0. The Morgan fingerprint density at radius 3 is 2.80 bits per heavy atom. The number of rotatable bonds is 2. The van der Waals surface area contributed by atoms with Gasteiger partial charge in [-0.05, 0) is 43.7 Å². The quantitative estimate of drug-likeness (QED) is 0.377. The lowest BCUT2D eigenvalue weighted by Crippen LogP contribution is -2.29. The van der Waals surface area contributed by atoms with Crippen molar-refractivity contribution in [3.63, 3.8) is 0 Å². The van der Waals surface area contributed by atoms with Crippen molar-refractivity contribution >= 4 is 11.7 Å². The third-order valence-electron chi connectivity index (χ3n) is 4.04. The standard InChI is InChI=1S/C15H24N4O/c1-11-5-6-12(13(16)18-20)14(17-11)19-9-4-7-15(2,3)8-10-19/h5-6,20H,4,7-10H2,1-3H3,(H2,16,18). The highest BCUT2D eigenvalue weighted by molar-refractivity contribution is 6.01. The summed E-state index contributed by atoms with van der Waals surface area (Å²) in [6, 6.07) is 3.77. The lowest BCUT2D eigenvalue weighted by molar-refractivity contribution is 0.318. The fraction of sp³-hybridized carbons (Fsp3) is 0.600. The zero-order valence-corrected chi connectivity index (χ0v) is 12.6. The Balaban J connectivity index is 2.34. The van der Waals surface area contributed by atoms with Gasteiger partial charge in [0.25, 0.3) is 0 Å². The smallest absolute Gasteiger partial charge is 0.173 e. The number of hydrogen-bond donors (Lipinski definition) is 2. The third-order valence-corrected chi connectivity index (χ3v) is 4.04. The van der Waals surface area contributed by atoms with Gasteiger partial charge in [-0.3, -0.25) is 0 Å². The average molecular weight is 276 g/mol. The van der Waals surface area contributed by atoms with Crippen LogP contribution >= 0.6 is 0 Å². The van der Waals surface area contributed by atoms with Crippen molar-refractivity contribution in [1.29, 1.82) is 0 Å². The number of anilines is 1. The largest absolute Gasteiger partial charge is 0.409 e. The van der Waals surface area contributed by atoms with E-state index in [0.717, 1.165) is 37.4 Å². The molecule has 1 aliphatic rings. The van der Waals surface area contributed by atoms with Crippen LogP contribution in [0.1, 0.15) is 44.4 Å². The van der Waals surface area contributed by atoms with Gasteiger partial charge in [0.15, 0.2) is 5.84 Å². The first-order valence-electron chi connectivity index (χ1n) is 7.13. The Morgan fingerprint density at radius 1 is 1.35 bits per heavy atom. The highest BCUT2D eigenvalue weighted by Crippen LogP contribution is 2.32. The molecule has 5 heteroatoms. The summed E-state index contributed by atoms with van der Waals surface area (Å²) in [5.74, 6) is 0.953. The molecule has 0 spiro atoms. The monoisotopic (exact) mass is 276 g/mol. The van der Waals surface area contributed by atoms with E-state index < -0.39 is 0 Å². The summed E-state index contributed by atoms with van der Waals surface area (Å²) < 4.78 is 0. The summed E-state index contributed by atoms with van der Waals surface area (Å²) in [6.45, 7) is 8.50. The van der Waals surface area contributed by atoms with Crippen LogP contribution in [0.3, 0.4) is 0 Å². The maximum absolute atomic E-state index is 8.94. The van der Waals surface area contributed by atoms with Crippen LogP contribution in [0.15, 0.2) is 17.3 Å². The van der Waals surface area contributed by atoms with Crippen LogP contribution in [-0.4, -0.2) is 29.1 Å². The fourth-order valence-electron chi connectivity index (χ4n) is 2.67. The van der Waals surface area contributed by atoms with E-state index in [2.05, 4.69) is 28.9 Å².